The van der Waals surface area contributed by atoms with Crippen molar-refractivity contribution in [3.63, 3.8) is 0 Å². The molecule has 0 amide bonds. The van der Waals surface area contributed by atoms with Crippen molar-refractivity contribution in [3.05, 3.63) is 35.9 Å². The zero-order valence-corrected chi connectivity index (χ0v) is 7.46. The summed E-state index contributed by atoms with van der Waals surface area (Å²) in [6, 6.07) is 10.7. The van der Waals surface area contributed by atoms with Gasteiger partial charge in [-0.05, 0) is 29.9 Å². The van der Waals surface area contributed by atoms with Crippen molar-refractivity contribution in [2.45, 2.75) is 19.3 Å². The SMILES string of the molecule is C[C@@]1(CN)C[C@H]1c1ccccc1. The van der Waals surface area contributed by atoms with Crippen LogP contribution in [0.15, 0.2) is 30.3 Å². The highest BCUT2D eigenvalue weighted by atomic mass is 14.7. The van der Waals surface area contributed by atoms with E-state index >= 15 is 0 Å². The normalized spacial score (nSPS) is 33.3. The molecule has 0 radical (unpaired) electrons. The van der Waals surface area contributed by atoms with Crippen molar-refractivity contribution in [1.29, 1.82) is 0 Å². The number of nitrogens with two attached hydrogens (primary N) is 1. The van der Waals surface area contributed by atoms with Gasteiger partial charge in [0.2, 0.25) is 0 Å². The van der Waals surface area contributed by atoms with Crippen LogP contribution in [0.25, 0.3) is 0 Å². The lowest BCUT2D eigenvalue weighted by atomic mass is 10.0. The van der Waals surface area contributed by atoms with Crippen molar-refractivity contribution in [2.24, 2.45) is 11.1 Å². The highest BCUT2D eigenvalue weighted by Gasteiger charge is 2.49. The van der Waals surface area contributed by atoms with Crippen LogP contribution in [-0.2, 0) is 0 Å². The molecule has 2 rings (SSSR count). The minimum atomic E-state index is 0.390. The molecule has 12 heavy (non-hydrogen) atoms. The van der Waals surface area contributed by atoms with Crippen LogP contribution in [0, 0.1) is 5.41 Å². The molecule has 2 N–H and O–H groups in total. The van der Waals surface area contributed by atoms with E-state index in [0.29, 0.717) is 11.3 Å². The molecule has 2 atom stereocenters. The summed E-state index contributed by atoms with van der Waals surface area (Å²) in [5.41, 5.74) is 7.54. The van der Waals surface area contributed by atoms with E-state index in [2.05, 4.69) is 37.3 Å². The third-order valence-electron chi connectivity index (χ3n) is 3.02. The van der Waals surface area contributed by atoms with E-state index in [4.69, 9.17) is 5.73 Å². The zero-order chi connectivity index (χ0) is 8.60. The number of rotatable bonds is 2. The Hall–Kier alpha value is -0.820. The van der Waals surface area contributed by atoms with E-state index in [0.717, 1.165) is 6.54 Å². The van der Waals surface area contributed by atoms with Crippen LogP contribution < -0.4 is 5.73 Å². The van der Waals surface area contributed by atoms with Crippen LogP contribution in [-0.4, -0.2) is 6.54 Å². The van der Waals surface area contributed by atoms with Gasteiger partial charge in [0, 0.05) is 0 Å². The molecular weight excluding hydrogens is 146 g/mol. The van der Waals surface area contributed by atoms with Gasteiger partial charge in [-0.15, -0.1) is 0 Å². The van der Waals surface area contributed by atoms with Gasteiger partial charge in [0.05, 0.1) is 0 Å². The molecule has 1 fully saturated rings. The summed E-state index contributed by atoms with van der Waals surface area (Å²) in [7, 11) is 0. The maximum atomic E-state index is 5.70. The van der Waals surface area contributed by atoms with Crippen molar-refractivity contribution >= 4 is 0 Å². The molecule has 0 unspecified atom stereocenters. The lowest BCUT2D eigenvalue weighted by Crippen LogP contribution is -2.13. The van der Waals surface area contributed by atoms with Crippen LogP contribution in [0.2, 0.25) is 0 Å². The van der Waals surface area contributed by atoms with Gasteiger partial charge in [0.15, 0.2) is 0 Å². The first-order valence-electron chi connectivity index (χ1n) is 4.51. The average molecular weight is 161 g/mol. The standard InChI is InChI=1S/C11H15N/c1-11(8-12)7-10(11)9-5-3-2-4-6-9/h2-6,10H,7-8,12H2,1H3/t10-,11-/m0/s1. The zero-order valence-electron chi connectivity index (χ0n) is 7.46. The fraction of sp³-hybridized carbons (Fsp3) is 0.455. The highest BCUT2D eigenvalue weighted by molar-refractivity contribution is 5.29. The van der Waals surface area contributed by atoms with Gasteiger partial charge in [0.25, 0.3) is 0 Å². The van der Waals surface area contributed by atoms with Gasteiger partial charge in [-0.1, -0.05) is 37.3 Å². The molecule has 0 spiro atoms. The summed E-state index contributed by atoms with van der Waals surface area (Å²) in [6.07, 6.45) is 1.26. The van der Waals surface area contributed by atoms with Crippen molar-refractivity contribution in [2.75, 3.05) is 6.54 Å². The molecule has 1 nitrogen and oxygen atoms in total. The van der Waals surface area contributed by atoms with E-state index in [1.54, 1.807) is 0 Å². The first-order valence-corrected chi connectivity index (χ1v) is 4.51. The van der Waals surface area contributed by atoms with Gasteiger partial charge in [-0.2, -0.15) is 0 Å². The third-order valence-corrected chi connectivity index (χ3v) is 3.02. The smallest absolute Gasteiger partial charge is 0.00171 e. The molecule has 1 aliphatic rings. The second-order valence-electron chi connectivity index (χ2n) is 4.03. The first-order chi connectivity index (χ1) is 5.76. The second-order valence-corrected chi connectivity index (χ2v) is 4.03. The number of hydrogen-bond acceptors (Lipinski definition) is 1. The second kappa shape index (κ2) is 2.60. The van der Waals surface area contributed by atoms with Gasteiger partial charge < -0.3 is 5.73 Å². The Morgan fingerprint density at radius 3 is 2.58 bits per heavy atom. The van der Waals surface area contributed by atoms with Crippen molar-refractivity contribution in [3.8, 4) is 0 Å². The lowest BCUT2D eigenvalue weighted by Gasteiger charge is -2.06. The summed E-state index contributed by atoms with van der Waals surface area (Å²) in [5, 5.41) is 0. The quantitative estimate of drug-likeness (QED) is 0.706. The molecule has 1 aromatic carbocycles. The maximum Gasteiger partial charge on any atom is -0.00171 e. The molecule has 0 saturated heterocycles. The molecule has 64 valence electrons. The van der Waals surface area contributed by atoms with E-state index < -0.39 is 0 Å². The number of benzene rings is 1. The summed E-state index contributed by atoms with van der Waals surface area (Å²) < 4.78 is 0. The Balaban J connectivity index is 2.16. The fourth-order valence-electron chi connectivity index (χ4n) is 1.84. The van der Waals surface area contributed by atoms with Gasteiger partial charge in [-0.25, -0.2) is 0 Å². The van der Waals surface area contributed by atoms with Gasteiger partial charge >= 0.3 is 0 Å². The van der Waals surface area contributed by atoms with E-state index in [1.165, 1.54) is 12.0 Å². The Bertz CT molecular complexity index is 268. The maximum absolute atomic E-state index is 5.70. The van der Waals surface area contributed by atoms with Crippen LogP contribution >= 0.6 is 0 Å². The highest BCUT2D eigenvalue weighted by Crippen LogP contribution is 2.58. The topological polar surface area (TPSA) is 26.0 Å². The van der Waals surface area contributed by atoms with Gasteiger partial charge in [0.1, 0.15) is 0 Å². The van der Waals surface area contributed by atoms with Crippen molar-refractivity contribution in [1.82, 2.24) is 0 Å². The predicted molar refractivity (Wildman–Crippen MR) is 51.0 cm³/mol. The molecule has 0 aliphatic heterocycles. The summed E-state index contributed by atoms with van der Waals surface area (Å²) in [5.74, 6) is 0.712. The monoisotopic (exact) mass is 161 g/mol. The minimum Gasteiger partial charge on any atom is -0.330 e. The van der Waals surface area contributed by atoms with E-state index in [9.17, 15) is 0 Å². The minimum absolute atomic E-state index is 0.390. The molecule has 1 aromatic rings. The fourth-order valence-corrected chi connectivity index (χ4v) is 1.84. The average Bonchev–Trinajstić information content (AvgIpc) is 2.81. The van der Waals surface area contributed by atoms with Crippen LogP contribution in [0.1, 0.15) is 24.8 Å². The Morgan fingerprint density at radius 2 is 2.08 bits per heavy atom. The van der Waals surface area contributed by atoms with Crippen molar-refractivity contribution < 1.29 is 0 Å². The largest absolute Gasteiger partial charge is 0.330 e. The molecule has 1 aliphatic carbocycles. The van der Waals surface area contributed by atoms with E-state index in [1.807, 2.05) is 0 Å². The molecular formula is C11H15N. The van der Waals surface area contributed by atoms with Gasteiger partial charge in [-0.3, -0.25) is 0 Å². The molecule has 0 heterocycles. The first kappa shape index (κ1) is 7.81. The Morgan fingerprint density at radius 1 is 1.42 bits per heavy atom. The third kappa shape index (κ3) is 1.14. The molecule has 1 saturated carbocycles. The summed E-state index contributed by atoms with van der Waals surface area (Å²) >= 11 is 0. The van der Waals surface area contributed by atoms with Crippen LogP contribution in [0.3, 0.4) is 0 Å². The Kier molecular flexibility index (Phi) is 1.69. The Labute approximate surface area is 73.6 Å². The van der Waals surface area contributed by atoms with Crippen LogP contribution in [0.4, 0.5) is 0 Å². The molecule has 0 aromatic heterocycles. The van der Waals surface area contributed by atoms with Crippen LogP contribution in [0.5, 0.6) is 0 Å². The predicted octanol–water partition coefficient (Wildman–Crippen LogP) is 2.14. The lowest BCUT2D eigenvalue weighted by molar-refractivity contribution is 0.564. The summed E-state index contributed by atoms with van der Waals surface area (Å²) in [6.45, 7) is 3.08. The molecule has 1 heteroatoms. The summed E-state index contributed by atoms with van der Waals surface area (Å²) in [4.78, 5) is 0. The number of hydrogen-bond donors (Lipinski definition) is 1. The molecule has 0 bridgehead atoms. The van der Waals surface area contributed by atoms with E-state index in [-0.39, 0.29) is 0 Å².